The van der Waals surface area contributed by atoms with Crippen molar-refractivity contribution in [2.75, 3.05) is 0 Å². The number of nitro benzene ring substituents is 1. The van der Waals surface area contributed by atoms with Crippen LogP contribution in [0.2, 0.25) is 0 Å². The molecule has 0 aliphatic heterocycles. The van der Waals surface area contributed by atoms with E-state index in [4.69, 9.17) is 5.73 Å². The Morgan fingerprint density at radius 1 is 1.41 bits per heavy atom. The summed E-state index contributed by atoms with van der Waals surface area (Å²) in [5, 5.41) is 10.5. The Hall–Kier alpha value is -2.21. The second kappa shape index (κ2) is 4.34. The predicted molar refractivity (Wildman–Crippen MR) is 63.3 cm³/mol. The molecule has 0 radical (unpaired) electrons. The minimum Gasteiger partial charge on any atom is -0.341 e. The number of aromatic amines is 1. The number of benzene rings is 1. The van der Waals surface area contributed by atoms with Crippen LogP contribution in [0, 0.1) is 10.1 Å². The first-order chi connectivity index (χ1) is 8.08. The van der Waals surface area contributed by atoms with Gasteiger partial charge >= 0.3 is 0 Å². The Labute approximate surface area is 97.6 Å². The fraction of sp³-hybridized carbons (Fsp3) is 0.182. The number of imidazole rings is 1. The van der Waals surface area contributed by atoms with E-state index in [1.807, 2.05) is 6.92 Å². The predicted octanol–water partition coefficient (Wildman–Crippen LogP) is 2.00. The fourth-order valence-electron chi connectivity index (χ4n) is 1.48. The summed E-state index contributed by atoms with van der Waals surface area (Å²) in [4.78, 5) is 17.3. The van der Waals surface area contributed by atoms with Gasteiger partial charge in [0, 0.05) is 17.7 Å². The number of nitro groups is 1. The first-order valence-electron chi connectivity index (χ1n) is 5.13. The van der Waals surface area contributed by atoms with Gasteiger partial charge in [-0.25, -0.2) is 4.98 Å². The Morgan fingerprint density at radius 2 is 2.06 bits per heavy atom. The van der Waals surface area contributed by atoms with E-state index in [1.165, 1.54) is 12.1 Å². The van der Waals surface area contributed by atoms with Crippen molar-refractivity contribution in [1.82, 2.24) is 9.97 Å². The molecule has 0 saturated heterocycles. The number of H-pyrrole nitrogens is 1. The van der Waals surface area contributed by atoms with Crippen LogP contribution in [0.4, 0.5) is 5.69 Å². The summed E-state index contributed by atoms with van der Waals surface area (Å²) in [5.74, 6) is 0.693. The lowest BCUT2D eigenvalue weighted by Gasteiger charge is -1.99. The molecule has 1 heterocycles. The van der Waals surface area contributed by atoms with Gasteiger partial charge in [-0.05, 0) is 19.1 Å². The van der Waals surface area contributed by atoms with Crippen molar-refractivity contribution in [2.24, 2.45) is 5.73 Å². The molecule has 0 saturated carbocycles. The lowest BCUT2D eigenvalue weighted by atomic mass is 10.1. The van der Waals surface area contributed by atoms with Gasteiger partial charge in [0.1, 0.15) is 5.82 Å². The highest BCUT2D eigenvalue weighted by Gasteiger charge is 2.08. The van der Waals surface area contributed by atoms with E-state index in [-0.39, 0.29) is 11.7 Å². The van der Waals surface area contributed by atoms with Crippen molar-refractivity contribution >= 4 is 5.69 Å². The molecule has 0 fully saturated rings. The second-order valence-electron chi connectivity index (χ2n) is 3.77. The molecule has 6 heteroatoms. The van der Waals surface area contributed by atoms with Crippen LogP contribution in [0.5, 0.6) is 0 Å². The molecule has 1 atom stereocenters. The third-order valence-electron chi connectivity index (χ3n) is 2.42. The van der Waals surface area contributed by atoms with E-state index in [1.54, 1.807) is 18.3 Å². The normalized spacial score (nSPS) is 12.4. The molecule has 2 rings (SSSR count). The van der Waals surface area contributed by atoms with E-state index >= 15 is 0 Å². The molecular weight excluding hydrogens is 220 g/mol. The Morgan fingerprint density at radius 3 is 2.53 bits per heavy atom. The number of non-ortho nitro benzene ring substituents is 1. The summed E-state index contributed by atoms with van der Waals surface area (Å²) in [6.45, 7) is 1.83. The molecule has 6 nitrogen and oxygen atoms in total. The van der Waals surface area contributed by atoms with Crippen molar-refractivity contribution in [3.05, 3.63) is 46.4 Å². The maximum absolute atomic E-state index is 10.5. The first kappa shape index (κ1) is 11.3. The van der Waals surface area contributed by atoms with Crippen LogP contribution in [0.1, 0.15) is 18.8 Å². The number of nitrogens with zero attached hydrogens (tertiary/aromatic N) is 2. The topological polar surface area (TPSA) is 97.8 Å². The SMILES string of the molecule is CC(N)c1ncc(-c2ccc([N+](=O)[O-])cc2)[nH]1. The van der Waals surface area contributed by atoms with Gasteiger partial charge in [0.25, 0.3) is 5.69 Å². The molecule has 0 aliphatic rings. The maximum Gasteiger partial charge on any atom is 0.269 e. The van der Waals surface area contributed by atoms with Crippen molar-refractivity contribution in [2.45, 2.75) is 13.0 Å². The number of aromatic nitrogens is 2. The van der Waals surface area contributed by atoms with Crippen LogP contribution >= 0.6 is 0 Å². The summed E-state index contributed by atoms with van der Waals surface area (Å²) in [7, 11) is 0. The van der Waals surface area contributed by atoms with Gasteiger partial charge < -0.3 is 10.7 Å². The monoisotopic (exact) mass is 232 g/mol. The quantitative estimate of drug-likeness (QED) is 0.624. The molecule has 2 aromatic rings. The van der Waals surface area contributed by atoms with Crippen molar-refractivity contribution in [1.29, 1.82) is 0 Å². The summed E-state index contributed by atoms with van der Waals surface area (Å²) < 4.78 is 0. The van der Waals surface area contributed by atoms with Gasteiger partial charge in [0.05, 0.1) is 22.9 Å². The van der Waals surface area contributed by atoms with Gasteiger partial charge in [0.2, 0.25) is 0 Å². The minimum absolute atomic E-state index is 0.0701. The van der Waals surface area contributed by atoms with Crippen LogP contribution in [-0.4, -0.2) is 14.9 Å². The third-order valence-corrected chi connectivity index (χ3v) is 2.42. The van der Waals surface area contributed by atoms with Gasteiger partial charge in [-0.3, -0.25) is 10.1 Å². The zero-order valence-corrected chi connectivity index (χ0v) is 9.25. The second-order valence-corrected chi connectivity index (χ2v) is 3.77. The minimum atomic E-state index is -0.426. The molecule has 1 unspecified atom stereocenters. The van der Waals surface area contributed by atoms with E-state index in [0.717, 1.165) is 11.3 Å². The molecule has 3 N–H and O–H groups in total. The van der Waals surface area contributed by atoms with Crippen LogP contribution < -0.4 is 5.73 Å². The number of hydrogen-bond donors (Lipinski definition) is 2. The average molecular weight is 232 g/mol. The molecule has 17 heavy (non-hydrogen) atoms. The van der Waals surface area contributed by atoms with Crippen molar-refractivity contribution < 1.29 is 4.92 Å². The average Bonchev–Trinajstić information content (AvgIpc) is 2.78. The summed E-state index contributed by atoms with van der Waals surface area (Å²) in [5.41, 5.74) is 7.40. The molecule has 88 valence electrons. The highest BCUT2D eigenvalue weighted by atomic mass is 16.6. The van der Waals surface area contributed by atoms with Crippen LogP contribution in [0.3, 0.4) is 0 Å². The van der Waals surface area contributed by atoms with Gasteiger partial charge in [-0.15, -0.1) is 0 Å². The van der Waals surface area contributed by atoms with Gasteiger partial charge in [-0.2, -0.15) is 0 Å². The van der Waals surface area contributed by atoms with E-state index in [0.29, 0.717) is 5.82 Å². The smallest absolute Gasteiger partial charge is 0.269 e. The fourth-order valence-corrected chi connectivity index (χ4v) is 1.48. The summed E-state index contributed by atoms with van der Waals surface area (Å²) >= 11 is 0. The first-order valence-corrected chi connectivity index (χ1v) is 5.13. The number of nitrogens with one attached hydrogen (secondary N) is 1. The lowest BCUT2D eigenvalue weighted by molar-refractivity contribution is -0.384. The molecule has 0 bridgehead atoms. The molecule has 0 spiro atoms. The zero-order chi connectivity index (χ0) is 12.4. The number of hydrogen-bond acceptors (Lipinski definition) is 4. The molecule has 1 aromatic carbocycles. The number of nitrogens with two attached hydrogens (primary N) is 1. The highest BCUT2D eigenvalue weighted by molar-refractivity contribution is 5.60. The summed E-state index contributed by atoms with van der Waals surface area (Å²) in [6, 6.07) is 6.11. The molecule has 0 aliphatic carbocycles. The molecule has 0 amide bonds. The van der Waals surface area contributed by atoms with Crippen LogP contribution in [0.25, 0.3) is 11.3 Å². The van der Waals surface area contributed by atoms with E-state index < -0.39 is 4.92 Å². The lowest BCUT2D eigenvalue weighted by Crippen LogP contribution is -2.06. The largest absolute Gasteiger partial charge is 0.341 e. The maximum atomic E-state index is 10.5. The zero-order valence-electron chi connectivity index (χ0n) is 9.25. The summed E-state index contributed by atoms with van der Waals surface area (Å²) in [6.07, 6.45) is 1.67. The van der Waals surface area contributed by atoms with Crippen LogP contribution in [-0.2, 0) is 0 Å². The van der Waals surface area contributed by atoms with Crippen molar-refractivity contribution in [3.8, 4) is 11.3 Å². The number of rotatable bonds is 3. The Bertz CT molecular complexity index is 531. The Kier molecular flexibility index (Phi) is 2.88. The van der Waals surface area contributed by atoms with E-state index in [9.17, 15) is 10.1 Å². The van der Waals surface area contributed by atoms with Gasteiger partial charge in [0.15, 0.2) is 0 Å². The molecular formula is C11H12N4O2. The van der Waals surface area contributed by atoms with Crippen molar-refractivity contribution in [3.63, 3.8) is 0 Å². The Balaban J connectivity index is 2.30. The molecule has 1 aromatic heterocycles. The highest BCUT2D eigenvalue weighted by Crippen LogP contribution is 2.21. The third kappa shape index (κ3) is 2.31. The van der Waals surface area contributed by atoms with E-state index in [2.05, 4.69) is 9.97 Å². The van der Waals surface area contributed by atoms with Crippen LogP contribution in [0.15, 0.2) is 30.5 Å². The standard InChI is InChI=1S/C11H12N4O2/c1-7(12)11-13-6-10(14-11)8-2-4-9(5-3-8)15(16)17/h2-7H,12H2,1H3,(H,13,14). The van der Waals surface area contributed by atoms with Gasteiger partial charge in [-0.1, -0.05) is 0 Å².